The number of hydrogen-bond acceptors (Lipinski definition) is 4. The highest BCUT2D eigenvalue weighted by atomic mass is 16.4. The Morgan fingerprint density at radius 3 is 2.34 bits per heavy atom. The fraction of sp³-hybridized carbons (Fsp3) is 0.833. The molecule has 2 saturated carbocycles. The van der Waals surface area contributed by atoms with Gasteiger partial charge in [0.25, 0.3) is 0 Å². The van der Waals surface area contributed by atoms with Crippen LogP contribution in [0.4, 0.5) is 0 Å². The number of carboxylic acids is 1. The molecule has 0 radical (unpaired) electrons. The van der Waals surface area contributed by atoms with Crippen LogP contribution in [0.25, 0.3) is 0 Å². The maximum atomic E-state index is 12.5. The van der Waals surface area contributed by atoms with Gasteiger partial charge in [0.1, 0.15) is 0 Å². The van der Waals surface area contributed by atoms with Crippen LogP contribution in [0.2, 0.25) is 0 Å². The van der Waals surface area contributed by atoms with Crippen molar-refractivity contribution in [1.29, 1.82) is 0 Å². The first-order chi connectivity index (χ1) is 16.2. The largest absolute Gasteiger partial charge is 0.481 e. The van der Waals surface area contributed by atoms with Gasteiger partial charge in [0, 0.05) is 5.41 Å². The van der Waals surface area contributed by atoms with Crippen LogP contribution in [-0.2, 0) is 4.79 Å². The third-order valence-corrected chi connectivity index (χ3v) is 11.9. The molecule has 0 spiro atoms. The molecule has 0 bridgehead atoms. The molecule has 0 unspecified atom stereocenters. The van der Waals surface area contributed by atoms with Crippen LogP contribution < -0.4 is 0 Å². The molecule has 4 aliphatic carbocycles. The minimum atomic E-state index is -0.763. The van der Waals surface area contributed by atoms with E-state index in [0.29, 0.717) is 25.2 Å². The number of aliphatic hydroxyl groups is 3. The van der Waals surface area contributed by atoms with E-state index in [1.165, 1.54) is 11.1 Å². The predicted octanol–water partition coefficient (Wildman–Crippen LogP) is 5.49. The van der Waals surface area contributed by atoms with Crippen LogP contribution in [0, 0.1) is 39.4 Å². The number of fused-ring (bicyclic) bond motifs is 4. The van der Waals surface area contributed by atoms with Gasteiger partial charge in [-0.25, -0.2) is 0 Å². The Labute approximate surface area is 211 Å². The van der Waals surface area contributed by atoms with Gasteiger partial charge < -0.3 is 20.4 Å². The molecule has 5 nitrogen and oxygen atoms in total. The van der Waals surface area contributed by atoms with Crippen LogP contribution in [-0.4, -0.2) is 45.2 Å². The van der Waals surface area contributed by atoms with Gasteiger partial charge in [-0.2, -0.15) is 0 Å². The van der Waals surface area contributed by atoms with Crippen LogP contribution in [0.3, 0.4) is 0 Å². The van der Waals surface area contributed by atoms with Gasteiger partial charge >= 0.3 is 5.97 Å². The summed E-state index contributed by atoms with van der Waals surface area (Å²) in [4.78, 5) is 12.5. The number of aliphatic carboxylic acids is 1. The van der Waals surface area contributed by atoms with E-state index in [-0.39, 0.29) is 34.9 Å². The summed E-state index contributed by atoms with van der Waals surface area (Å²) in [6.07, 6.45) is 8.49. The average molecular weight is 489 g/mol. The van der Waals surface area contributed by atoms with E-state index in [2.05, 4.69) is 34.6 Å². The molecule has 2 fully saturated rings. The SMILES string of the molecule is C/C(=C/CC[C@@H](C(=O)O)[C@H]1C[C@H](O)[C@@]2(C)C3=C(CC[C@]12C)[C@@]1(C)CC[C@H](O)C(C)(C)[C@H]1CC3)CO. The minimum Gasteiger partial charge on any atom is -0.481 e. The van der Waals surface area contributed by atoms with E-state index in [4.69, 9.17) is 0 Å². The van der Waals surface area contributed by atoms with Gasteiger partial charge in [0.2, 0.25) is 0 Å². The van der Waals surface area contributed by atoms with E-state index < -0.39 is 23.4 Å². The van der Waals surface area contributed by atoms with Crippen LogP contribution in [0.15, 0.2) is 22.8 Å². The molecule has 4 rings (SSSR count). The van der Waals surface area contributed by atoms with E-state index in [0.717, 1.165) is 44.1 Å². The fourth-order valence-electron chi connectivity index (χ4n) is 9.44. The topological polar surface area (TPSA) is 98.0 Å². The second-order valence-electron chi connectivity index (χ2n) is 13.6. The lowest BCUT2D eigenvalue weighted by atomic mass is 9.43. The molecular weight excluding hydrogens is 440 g/mol. The maximum absolute atomic E-state index is 12.5. The Bertz CT molecular complexity index is 918. The summed E-state index contributed by atoms with van der Waals surface area (Å²) in [6.45, 7) is 13.2. The van der Waals surface area contributed by atoms with Gasteiger partial charge in [-0.3, -0.25) is 4.79 Å². The van der Waals surface area contributed by atoms with Crippen molar-refractivity contribution in [3.05, 3.63) is 22.8 Å². The summed E-state index contributed by atoms with van der Waals surface area (Å²) in [6, 6.07) is 0. The molecule has 198 valence electrons. The smallest absolute Gasteiger partial charge is 0.306 e. The van der Waals surface area contributed by atoms with Crippen LogP contribution in [0.1, 0.15) is 99.3 Å². The minimum absolute atomic E-state index is 0.000193. The van der Waals surface area contributed by atoms with Crippen molar-refractivity contribution in [2.24, 2.45) is 39.4 Å². The highest BCUT2D eigenvalue weighted by Crippen LogP contribution is 2.72. The Morgan fingerprint density at radius 2 is 1.71 bits per heavy atom. The van der Waals surface area contributed by atoms with Gasteiger partial charge in [-0.05, 0) is 92.8 Å². The summed E-state index contributed by atoms with van der Waals surface area (Å²) in [7, 11) is 0. The Morgan fingerprint density at radius 1 is 1.03 bits per heavy atom. The highest BCUT2D eigenvalue weighted by molar-refractivity contribution is 5.71. The first-order valence-electron chi connectivity index (χ1n) is 13.8. The first kappa shape index (κ1) is 26.9. The molecule has 0 heterocycles. The second-order valence-corrected chi connectivity index (χ2v) is 13.6. The third-order valence-electron chi connectivity index (χ3n) is 11.9. The van der Waals surface area contributed by atoms with Crippen molar-refractivity contribution in [2.45, 2.75) is 112 Å². The molecule has 0 aromatic heterocycles. The predicted molar refractivity (Wildman–Crippen MR) is 138 cm³/mol. The molecule has 35 heavy (non-hydrogen) atoms. The molecule has 5 heteroatoms. The number of aliphatic hydroxyl groups excluding tert-OH is 3. The molecule has 0 aliphatic heterocycles. The molecular formula is C30H48O5. The Balaban J connectivity index is 1.71. The van der Waals surface area contributed by atoms with Gasteiger partial charge in [-0.15, -0.1) is 0 Å². The second kappa shape index (κ2) is 8.99. The van der Waals surface area contributed by atoms with Gasteiger partial charge in [0.15, 0.2) is 0 Å². The average Bonchev–Trinajstić information content (AvgIpc) is 3.00. The molecule has 0 aromatic rings. The van der Waals surface area contributed by atoms with E-state index in [1.54, 1.807) is 0 Å². The molecule has 0 aromatic carbocycles. The molecule has 4 N–H and O–H groups in total. The van der Waals surface area contributed by atoms with E-state index in [9.17, 15) is 25.2 Å². The number of rotatable bonds is 6. The molecule has 4 aliphatic rings. The maximum Gasteiger partial charge on any atom is 0.306 e. The molecule has 8 atom stereocenters. The summed E-state index contributed by atoms with van der Waals surface area (Å²) in [5.41, 5.74) is 3.03. The lowest BCUT2D eigenvalue weighted by Crippen LogP contribution is -2.56. The quantitative estimate of drug-likeness (QED) is 0.371. The zero-order valence-corrected chi connectivity index (χ0v) is 22.7. The summed E-state index contributed by atoms with van der Waals surface area (Å²) >= 11 is 0. The first-order valence-corrected chi connectivity index (χ1v) is 13.8. The highest BCUT2D eigenvalue weighted by Gasteiger charge is 2.67. The number of carboxylic acid groups (broad SMARTS) is 1. The summed E-state index contributed by atoms with van der Waals surface area (Å²) in [5.74, 6) is -0.918. The van der Waals surface area contributed by atoms with Crippen LogP contribution in [0.5, 0.6) is 0 Å². The Hall–Kier alpha value is -1.17. The molecule has 0 amide bonds. The normalized spacial score (nSPS) is 43.9. The number of hydrogen-bond donors (Lipinski definition) is 4. The molecule has 0 saturated heterocycles. The van der Waals surface area contributed by atoms with Gasteiger partial charge in [-0.1, -0.05) is 57.4 Å². The van der Waals surface area contributed by atoms with Crippen molar-refractivity contribution in [1.82, 2.24) is 0 Å². The van der Waals surface area contributed by atoms with Crippen LogP contribution >= 0.6 is 0 Å². The summed E-state index contributed by atoms with van der Waals surface area (Å²) < 4.78 is 0. The fourth-order valence-corrected chi connectivity index (χ4v) is 9.44. The van der Waals surface area contributed by atoms with Crippen molar-refractivity contribution in [3.8, 4) is 0 Å². The number of allylic oxidation sites excluding steroid dienone is 2. The van der Waals surface area contributed by atoms with E-state index in [1.807, 2.05) is 13.0 Å². The zero-order valence-electron chi connectivity index (χ0n) is 22.7. The summed E-state index contributed by atoms with van der Waals surface area (Å²) in [5, 5.41) is 42.0. The van der Waals surface area contributed by atoms with Gasteiger partial charge in [0.05, 0.1) is 24.7 Å². The zero-order chi connectivity index (χ0) is 26.0. The monoisotopic (exact) mass is 488 g/mol. The lowest BCUT2D eigenvalue weighted by molar-refractivity contribution is -0.147. The number of carbonyl (C=O) groups is 1. The Kier molecular flexibility index (Phi) is 6.90. The van der Waals surface area contributed by atoms with Crippen molar-refractivity contribution < 1.29 is 25.2 Å². The van der Waals surface area contributed by atoms with Crippen molar-refractivity contribution >= 4 is 5.97 Å². The van der Waals surface area contributed by atoms with Crippen molar-refractivity contribution in [3.63, 3.8) is 0 Å². The standard InChI is InChI=1S/C30H48O5/c1-18(17-31)8-7-9-19(26(34)35)22-16-25(33)30(6)21-10-11-23-27(2,3)24(32)13-14-28(23,4)20(21)12-15-29(22,30)5/h8,19,22-25,31-33H,7,9-17H2,1-6H3,(H,34,35)/b18-8-/t19-,22-,23-,24+,25+,28-,29-,30-/m1/s1. The third kappa shape index (κ3) is 3.78. The van der Waals surface area contributed by atoms with E-state index >= 15 is 0 Å². The lowest BCUT2D eigenvalue weighted by Gasteiger charge is -2.62. The van der Waals surface area contributed by atoms with Crippen molar-refractivity contribution in [2.75, 3.05) is 6.61 Å².